The van der Waals surface area contributed by atoms with E-state index in [-0.39, 0.29) is 11.5 Å². The maximum atomic E-state index is 11.9. The number of piperidine rings is 1. The Morgan fingerprint density at radius 1 is 1.56 bits per heavy atom. The number of nitrogens with one attached hydrogen (secondary N) is 2. The molecule has 1 unspecified atom stereocenters. The Labute approximate surface area is 106 Å². The van der Waals surface area contributed by atoms with Gasteiger partial charge in [-0.05, 0) is 32.5 Å². The molecule has 5 heteroatoms. The van der Waals surface area contributed by atoms with Crippen LogP contribution in [0.4, 0.5) is 0 Å². The Balaban J connectivity index is 1.90. The number of aromatic nitrogens is 1. The molecule has 1 aromatic heterocycles. The molecule has 98 valence electrons. The second-order valence-corrected chi connectivity index (χ2v) is 4.78. The Hall–Kier alpha value is -1.62. The Morgan fingerprint density at radius 3 is 3.11 bits per heavy atom. The van der Waals surface area contributed by atoms with Gasteiger partial charge in [-0.3, -0.25) is 9.59 Å². The number of likely N-dealkylation sites (N-methyl/N-ethyl adjacent to an activating group) is 1. The molecule has 1 aliphatic rings. The molecule has 0 saturated carbocycles. The second kappa shape index (κ2) is 5.82. The predicted molar refractivity (Wildman–Crippen MR) is 69.7 cm³/mol. The Kier molecular flexibility index (Phi) is 4.15. The van der Waals surface area contributed by atoms with E-state index in [4.69, 9.17) is 0 Å². The van der Waals surface area contributed by atoms with Crippen molar-refractivity contribution < 1.29 is 4.79 Å². The molecule has 5 nitrogen and oxygen atoms in total. The fourth-order valence-electron chi connectivity index (χ4n) is 2.30. The number of nitrogens with zero attached hydrogens (tertiary/aromatic N) is 1. The van der Waals surface area contributed by atoms with Gasteiger partial charge in [0.2, 0.25) is 5.56 Å². The van der Waals surface area contributed by atoms with Gasteiger partial charge in [0.1, 0.15) is 0 Å². The van der Waals surface area contributed by atoms with E-state index in [0.717, 1.165) is 13.0 Å². The summed E-state index contributed by atoms with van der Waals surface area (Å²) in [5.74, 6) is -0.180. The zero-order valence-electron chi connectivity index (χ0n) is 10.6. The fourth-order valence-corrected chi connectivity index (χ4v) is 2.30. The number of carbonyl (C=O) groups excluding carboxylic acids is 1. The molecular formula is C13H19N3O2. The third kappa shape index (κ3) is 3.20. The summed E-state index contributed by atoms with van der Waals surface area (Å²) in [5.41, 5.74) is 0.162. The van der Waals surface area contributed by atoms with Gasteiger partial charge < -0.3 is 15.2 Å². The minimum Gasteiger partial charge on any atom is -0.350 e. The van der Waals surface area contributed by atoms with E-state index in [1.165, 1.54) is 25.1 Å². The number of likely N-dealkylation sites (tertiary alicyclic amines) is 1. The third-order valence-electron chi connectivity index (χ3n) is 3.46. The van der Waals surface area contributed by atoms with Gasteiger partial charge in [0, 0.05) is 30.4 Å². The summed E-state index contributed by atoms with van der Waals surface area (Å²) in [4.78, 5) is 27.7. The van der Waals surface area contributed by atoms with Crippen LogP contribution in [0.25, 0.3) is 0 Å². The van der Waals surface area contributed by atoms with Crippen molar-refractivity contribution in [1.29, 1.82) is 0 Å². The molecule has 2 heterocycles. The highest BCUT2D eigenvalue weighted by Gasteiger charge is 2.19. The minimum absolute atomic E-state index is 0.180. The molecule has 0 spiro atoms. The lowest BCUT2D eigenvalue weighted by Crippen LogP contribution is -2.44. The van der Waals surface area contributed by atoms with Crippen LogP contribution >= 0.6 is 0 Å². The molecule has 1 aliphatic heterocycles. The average Bonchev–Trinajstić information content (AvgIpc) is 2.37. The van der Waals surface area contributed by atoms with Gasteiger partial charge in [-0.25, -0.2) is 0 Å². The first-order valence-electron chi connectivity index (χ1n) is 6.34. The summed E-state index contributed by atoms with van der Waals surface area (Å²) in [6, 6.07) is 3.34. The summed E-state index contributed by atoms with van der Waals surface area (Å²) in [6.07, 6.45) is 5.06. The maximum absolute atomic E-state index is 11.9. The van der Waals surface area contributed by atoms with Crippen molar-refractivity contribution in [2.24, 2.45) is 0 Å². The monoisotopic (exact) mass is 249 g/mol. The average molecular weight is 249 g/mol. The highest BCUT2D eigenvalue weighted by molar-refractivity contribution is 5.93. The van der Waals surface area contributed by atoms with Gasteiger partial charge in [-0.1, -0.05) is 6.42 Å². The number of rotatable bonds is 3. The van der Waals surface area contributed by atoms with Crippen molar-refractivity contribution in [3.63, 3.8) is 0 Å². The lowest BCUT2D eigenvalue weighted by Gasteiger charge is -2.32. The normalized spacial score (nSPS) is 20.6. The molecular weight excluding hydrogens is 230 g/mol. The zero-order chi connectivity index (χ0) is 13.0. The van der Waals surface area contributed by atoms with Gasteiger partial charge in [-0.15, -0.1) is 0 Å². The lowest BCUT2D eigenvalue weighted by atomic mass is 10.0. The van der Waals surface area contributed by atoms with E-state index in [0.29, 0.717) is 18.2 Å². The molecule has 0 bridgehead atoms. The number of hydrogen-bond donors (Lipinski definition) is 2. The van der Waals surface area contributed by atoms with Gasteiger partial charge in [0.05, 0.1) is 0 Å². The molecule has 1 fully saturated rings. The number of amides is 1. The van der Waals surface area contributed by atoms with Crippen molar-refractivity contribution in [2.75, 3.05) is 20.1 Å². The quantitative estimate of drug-likeness (QED) is 0.824. The second-order valence-electron chi connectivity index (χ2n) is 4.78. The van der Waals surface area contributed by atoms with E-state index in [9.17, 15) is 9.59 Å². The summed E-state index contributed by atoms with van der Waals surface area (Å²) in [5, 5.41) is 2.89. The molecule has 1 atom stereocenters. The largest absolute Gasteiger partial charge is 0.350 e. The smallest absolute Gasteiger partial charge is 0.251 e. The molecule has 1 amide bonds. The van der Waals surface area contributed by atoms with Crippen molar-refractivity contribution in [3.8, 4) is 0 Å². The zero-order valence-corrected chi connectivity index (χ0v) is 10.6. The number of carbonyl (C=O) groups is 1. The van der Waals surface area contributed by atoms with Crippen molar-refractivity contribution in [1.82, 2.24) is 15.2 Å². The van der Waals surface area contributed by atoms with Gasteiger partial charge in [-0.2, -0.15) is 0 Å². The third-order valence-corrected chi connectivity index (χ3v) is 3.46. The molecule has 1 aromatic rings. The summed E-state index contributed by atoms with van der Waals surface area (Å²) < 4.78 is 0. The molecule has 0 aromatic carbocycles. The topological polar surface area (TPSA) is 65.2 Å². The van der Waals surface area contributed by atoms with E-state index in [1.54, 1.807) is 6.07 Å². The standard InChI is InChI=1S/C13H19N3O2/c1-16-7-3-2-4-11(16)9-15-13(18)10-5-6-14-12(17)8-10/h5-6,8,11H,2-4,7,9H2,1H3,(H,14,17)(H,15,18). The van der Waals surface area contributed by atoms with Crippen LogP contribution in [-0.2, 0) is 0 Å². The van der Waals surface area contributed by atoms with Crippen LogP contribution in [0.5, 0.6) is 0 Å². The van der Waals surface area contributed by atoms with Crippen molar-refractivity contribution in [3.05, 3.63) is 34.2 Å². The minimum atomic E-state index is -0.252. The molecule has 0 aliphatic carbocycles. The van der Waals surface area contributed by atoms with Gasteiger partial charge in [0.25, 0.3) is 5.91 Å². The predicted octanol–water partition coefficient (Wildman–Crippen LogP) is 0.589. The van der Waals surface area contributed by atoms with Crippen molar-refractivity contribution >= 4 is 5.91 Å². The Bertz CT molecular complexity index is 469. The molecule has 0 radical (unpaired) electrons. The molecule has 2 rings (SSSR count). The number of H-pyrrole nitrogens is 1. The summed E-state index contributed by atoms with van der Waals surface area (Å²) in [7, 11) is 2.09. The summed E-state index contributed by atoms with van der Waals surface area (Å²) >= 11 is 0. The highest BCUT2D eigenvalue weighted by atomic mass is 16.2. The number of pyridine rings is 1. The SMILES string of the molecule is CN1CCCCC1CNC(=O)c1cc[nH]c(=O)c1. The first kappa shape index (κ1) is 12.8. The summed E-state index contributed by atoms with van der Waals surface area (Å²) in [6.45, 7) is 1.73. The van der Waals surface area contributed by atoms with E-state index >= 15 is 0 Å². The van der Waals surface area contributed by atoms with Crippen LogP contribution in [0.2, 0.25) is 0 Å². The first-order valence-corrected chi connectivity index (χ1v) is 6.34. The van der Waals surface area contributed by atoms with Crippen molar-refractivity contribution in [2.45, 2.75) is 25.3 Å². The number of aromatic amines is 1. The molecule has 18 heavy (non-hydrogen) atoms. The molecule has 1 saturated heterocycles. The van der Waals surface area contributed by atoms with E-state index in [1.807, 2.05) is 0 Å². The lowest BCUT2D eigenvalue weighted by molar-refractivity contribution is 0.0928. The number of hydrogen-bond acceptors (Lipinski definition) is 3. The Morgan fingerprint density at radius 2 is 2.39 bits per heavy atom. The maximum Gasteiger partial charge on any atom is 0.251 e. The van der Waals surface area contributed by atoms with E-state index in [2.05, 4.69) is 22.2 Å². The van der Waals surface area contributed by atoms with Crippen LogP contribution < -0.4 is 10.9 Å². The van der Waals surface area contributed by atoms with Crippen LogP contribution in [0, 0.1) is 0 Å². The highest BCUT2D eigenvalue weighted by Crippen LogP contribution is 2.14. The van der Waals surface area contributed by atoms with Crippen LogP contribution in [0.15, 0.2) is 23.1 Å². The molecule has 2 N–H and O–H groups in total. The fraction of sp³-hybridized carbons (Fsp3) is 0.538. The van der Waals surface area contributed by atoms with Crippen LogP contribution in [0.1, 0.15) is 29.6 Å². The first-order chi connectivity index (χ1) is 8.66. The van der Waals surface area contributed by atoms with E-state index < -0.39 is 0 Å². The van der Waals surface area contributed by atoms with Crippen LogP contribution in [-0.4, -0.2) is 42.0 Å². The van der Waals surface area contributed by atoms with Gasteiger partial charge in [0.15, 0.2) is 0 Å². The van der Waals surface area contributed by atoms with Crippen LogP contribution in [0.3, 0.4) is 0 Å². The van der Waals surface area contributed by atoms with Gasteiger partial charge >= 0.3 is 0 Å².